The quantitative estimate of drug-likeness (QED) is 0.169. The van der Waals surface area contributed by atoms with Crippen molar-refractivity contribution in [3.63, 3.8) is 0 Å². The highest BCUT2D eigenvalue weighted by Crippen LogP contribution is 2.52. The number of halogens is 9. The Hall–Kier alpha value is -1.58. The SMILES string of the molecule is C=C(C)C(=O)OC(CC(C)(C)OC(C)(C)C(O)(C(F)(F)F)C(F)(F)F)C(C)(C)OC(C)(C)C(C)(O)C(F)(F)F. The van der Waals surface area contributed by atoms with Gasteiger partial charge in [0.15, 0.2) is 5.60 Å². The molecule has 2 atom stereocenters. The van der Waals surface area contributed by atoms with Crippen molar-refractivity contribution in [2.75, 3.05) is 0 Å². The summed E-state index contributed by atoms with van der Waals surface area (Å²) in [7, 11) is 0. The molecular formula is C24H37F9O6. The molecule has 2 unspecified atom stereocenters. The van der Waals surface area contributed by atoms with E-state index in [-0.39, 0.29) is 5.57 Å². The van der Waals surface area contributed by atoms with Gasteiger partial charge in [0.2, 0.25) is 0 Å². The minimum absolute atomic E-state index is 0.195. The lowest BCUT2D eigenvalue weighted by Gasteiger charge is -2.50. The van der Waals surface area contributed by atoms with Gasteiger partial charge in [-0.2, -0.15) is 39.5 Å². The molecule has 0 rings (SSSR count). The maximum Gasteiger partial charge on any atom is 0.429 e. The third-order valence-electron chi connectivity index (χ3n) is 6.52. The lowest BCUT2D eigenvalue weighted by atomic mass is 9.81. The molecule has 2 N–H and O–H groups in total. The zero-order valence-electron chi connectivity index (χ0n) is 23.4. The number of esters is 1. The van der Waals surface area contributed by atoms with Crippen LogP contribution in [0.15, 0.2) is 12.2 Å². The summed E-state index contributed by atoms with van der Waals surface area (Å²) in [5.41, 5.74) is -18.8. The molecule has 0 spiro atoms. The molecule has 0 aromatic carbocycles. The molecule has 0 heterocycles. The first-order valence-electron chi connectivity index (χ1n) is 11.5. The molecule has 15 heteroatoms. The van der Waals surface area contributed by atoms with E-state index >= 15 is 0 Å². The third-order valence-corrected chi connectivity index (χ3v) is 6.52. The highest BCUT2D eigenvalue weighted by Gasteiger charge is 2.78. The van der Waals surface area contributed by atoms with Gasteiger partial charge in [-0.05, 0) is 69.2 Å². The third kappa shape index (κ3) is 7.79. The largest absolute Gasteiger partial charge is 0.456 e. The Bertz CT molecular complexity index is 883. The van der Waals surface area contributed by atoms with Gasteiger partial charge in [-0.3, -0.25) is 0 Å². The Kier molecular flexibility index (Phi) is 10.2. The Labute approximate surface area is 221 Å². The summed E-state index contributed by atoms with van der Waals surface area (Å²) in [5, 5.41) is 20.1. The normalized spacial score (nSPS) is 17.5. The zero-order chi connectivity index (χ0) is 32.1. The lowest BCUT2D eigenvalue weighted by molar-refractivity contribution is -0.420. The maximum absolute atomic E-state index is 13.5. The molecule has 232 valence electrons. The van der Waals surface area contributed by atoms with E-state index in [1.807, 2.05) is 0 Å². The van der Waals surface area contributed by atoms with Gasteiger partial charge >= 0.3 is 24.5 Å². The van der Waals surface area contributed by atoms with Crippen LogP contribution in [0.2, 0.25) is 0 Å². The van der Waals surface area contributed by atoms with Crippen molar-refractivity contribution in [2.45, 2.75) is 134 Å². The first-order chi connectivity index (χ1) is 16.6. The summed E-state index contributed by atoms with van der Waals surface area (Å²) < 4.78 is 138. The second kappa shape index (κ2) is 10.7. The van der Waals surface area contributed by atoms with Crippen LogP contribution in [0.1, 0.15) is 75.7 Å². The van der Waals surface area contributed by atoms with E-state index in [0.29, 0.717) is 20.8 Å². The fraction of sp³-hybridized carbons (Fsp3) is 0.875. The summed E-state index contributed by atoms with van der Waals surface area (Å²) in [6.07, 6.45) is -20.1. The Morgan fingerprint density at radius 3 is 1.41 bits per heavy atom. The summed E-state index contributed by atoms with van der Waals surface area (Å²) in [5.74, 6) is -1.10. The molecule has 39 heavy (non-hydrogen) atoms. The number of ether oxygens (including phenoxy) is 3. The summed E-state index contributed by atoms with van der Waals surface area (Å²) in [6, 6.07) is 0. The van der Waals surface area contributed by atoms with E-state index in [1.54, 1.807) is 0 Å². The van der Waals surface area contributed by atoms with Crippen LogP contribution in [-0.4, -0.2) is 74.4 Å². The first-order valence-corrected chi connectivity index (χ1v) is 11.5. The average molecular weight is 593 g/mol. The minimum atomic E-state index is -6.23. The van der Waals surface area contributed by atoms with Gasteiger partial charge in [0.05, 0.1) is 5.60 Å². The van der Waals surface area contributed by atoms with Gasteiger partial charge < -0.3 is 24.4 Å². The predicted octanol–water partition coefficient (Wildman–Crippen LogP) is 6.18. The molecule has 0 aliphatic heterocycles. The molecule has 0 aromatic rings. The minimum Gasteiger partial charge on any atom is -0.456 e. The van der Waals surface area contributed by atoms with Crippen molar-refractivity contribution in [2.24, 2.45) is 0 Å². The zero-order valence-corrected chi connectivity index (χ0v) is 23.4. The Morgan fingerprint density at radius 2 is 1.10 bits per heavy atom. The van der Waals surface area contributed by atoms with Crippen molar-refractivity contribution in [3.8, 4) is 0 Å². The molecule has 0 fully saturated rings. The number of hydrogen-bond acceptors (Lipinski definition) is 6. The van der Waals surface area contributed by atoms with E-state index in [1.165, 1.54) is 6.92 Å². The predicted molar refractivity (Wildman–Crippen MR) is 122 cm³/mol. The maximum atomic E-state index is 13.5. The van der Waals surface area contributed by atoms with E-state index in [4.69, 9.17) is 14.2 Å². The van der Waals surface area contributed by atoms with E-state index in [9.17, 15) is 54.5 Å². The second-order valence-electron chi connectivity index (χ2n) is 11.7. The second-order valence-corrected chi connectivity index (χ2v) is 11.7. The lowest BCUT2D eigenvalue weighted by Crippen LogP contribution is -2.71. The number of hydrogen-bond donors (Lipinski definition) is 2. The molecule has 0 aliphatic rings. The smallest absolute Gasteiger partial charge is 0.429 e. The molecule has 0 radical (unpaired) electrons. The van der Waals surface area contributed by atoms with E-state index < -0.39 is 70.6 Å². The van der Waals surface area contributed by atoms with Crippen LogP contribution < -0.4 is 0 Å². The molecule has 0 saturated carbocycles. The summed E-state index contributed by atoms with van der Waals surface area (Å²) >= 11 is 0. The number of aliphatic hydroxyl groups is 2. The number of alkyl halides is 9. The first kappa shape index (κ1) is 37.4. The Morgan fingerprint density at radius 1 is 0.718 bits per heavy atom. The van der Waals surface area contributed by atoms with Crippen molar-refractivity contribution < 1.29 is 68.7 Å². The van der Waals surface area contributed by atoms with Crippen LogP contribution in [0.4, 0.5) is 39.5 Å². The van der Waals surface area contributed by atoms with Gasteiger partial charge in [0.1, 0.15) is 22.9 Å². The molecular weight excluding hydrogens is 555 g/mol. The monoisotopic (exact) mass is 592 g/mol. The van der Waals surface area contributed by atoms with Crippen LogP contribution in [0.5, 0.6) is 0 Å². The van der Waals surface area contributed by atoms with Crippen molar-refractivity contribution in [1.29, 1.82) is 0 Å². The summed E-state index contributed by atoms with van der Waals surface area (Å²) in [6.45, 7) is 11.8. The number of rotatable bonds is 11. The topological polar surface area (TPSA) is 85.2 Å². The molecule has 0 bridgehead atoms. The number of carbonyl (C=O) groups is 1. The van der Waals surface area contributed by atoms with Gasteiger partial charge in [-0.25, -0.2) is 4.79 Å². The van der Waals surface area contributed by atoms with Crippen molar-refractivity contribution in [3.05, 3.63) is 12.2 Å². The fourth-order valence-electron chi connectivity index (χ4n) is 3.92. The number of carbonyl (C=O) groups excluding carboxylic acids is 1. The van der Waals surface area contributed by atoms with Crippen LogP contribution >= 0.6 is 0 Å². The highest BCUT2D eigenvalue weighted by atomic mass is 19.4. The molecule has 0 saturated heterocycles. The molecule has 0 aliphatic carbocycles. The van der Waals surface area contributed by atoms with Crippen LogP contribution in [0, 0.1) is 0 Å². The van der Waals surface area contributed by atoms with Gasteiger partial charge in [-0.1, -0.05) is 6.58 Å². The van der Waals surface area contributed by atoms with Crippen LogP contribution in [-0.2, 0) is 19.0 Å². The standard InChI is InChI=1S/C24H37F9O6/c1-13(2)15(34)37-14(17(5,6)39-18(7,8)20(11,35)22(25,26)27)12-16(3,4)38-19(9,10)21(36,23(28,29)30)24(31,32)33/h14,35-36H,1,12H2,2-11H3. The highest BCUT2D eigenvalue weighted by molar-refractivity contribution is 5.87. The summed E-state index contributed by atoms with van der Waals surface area (Å²) in [4.78, 5) is 12.3. The average Bonchev–Trinajstić information content (AvgIpc) is 2.61. The van der Waals surface area contributed by atoms with Crippen molar-refractivity contribution >= 4 is 5.97 Å². The van der Waals surface area contributed by atoms with E-state index in [0.717, 1.165) is 41.5 Å². The molecule has 0 amide bonds. The molecule has 0 aromatic heterocycles. The van der Waals surface area contributed by atoms with Gasteiger partial charge in [0, 0.05) is 12.0 Å². The van der Waals surface area contributed by atoms with E-state index in [2.05, 4.69) is 6.58 Å². The van der Waals surface area contributed by atoms with Crippen molar-refractivity contribution in [1.82, 2.24) is 0 Å². The molecule has 6 nitrogen and oxygen atoms in total. The van der Waals surface area contributed by atoms with Gasteiger partial charge in [0.25, 0.3) is 5.60 Å². The van der Waals surface area contributed by atoms with Crippen LogP contribution in [0.3, 0.4) is 0 Å². The van der Waals surface area contributed by atoms with Gasteiger partial charge in [-0.15, -0.1) is 0 Å². The Balaban J connectivity index is 6.61. The fourth-order valence-corrected chi connectivity index (χ4v) is 3.92. The van der Waals surface area contributed by atoms with Crippen LogP contribution in [0.25, 0.3) is 0 Å².